The summed E-state index contributed by atoms with van der Waals surface area (Å²) < 4.78 is 23.6. The lowest BCUT2D eigenvalue weighted by molar-refractivity contribution is -0.147. The fourth-order valence-corrected chi connectivity index (χ4v) is 2.57. The van der Waals surface area contributed by atoms with Gasteiger partial charge in [-0.1, -0.05) is 30.3 Å². The summed E-state index contributed by atoms with van der Waals surface area (Å²) in [6.07, 6.45) is 0.288. The number of halogens is 1. The summed E-state index contributed by atoms with van der Waals surface area (Å²) in [6.45, 7) is 0.0985. The van der Waals surface area contributed by atoms with E-state index in [0.717, 1.165) is 11.1 Å². The number of carbonyl (C=O) groups excluding carboxylic acids is 1. The Kier molecular flexibility index (Phi) is 4.10. The zero-order chi connectivity index (χ0) is 16.3. The average Bonchev–Trinajstić information content (AvgIpc) is 3.02. The molecule has 0 fully saturated rings. The van der Waals surface area contributed by atoms with Gasteiger partial charge in [-0.3, -0.25) is 0 Å². The normalized spacial score (nSPS) is 19.8. The molecule has 2 aromatic rings. The van der Waals surface area contributed by atoms with Gasteiger partial charge < -0.3 is 9.47 Å². The SMILES string of the molecule is COC(=O)[C@]1(Cc2ccc(F)cc2)COC(c2ccccc2)=N1. The number of carbonyl (C=O) groups is 1. The summed E-state index contributed by atoms with van der Waals surface area (Å²) in [5.41, 5.74) is 0.452. The Balaban J connectivity index is 1.94. The molecule has 0 aromatic heterocycles. The van der Waals surface area contributed by atoms with Crippen molar-refractivity contribution in [3.05, 3.63) is 71.5 Å². The largest absolute Gasteiger partial charge is 0.474 e. The summed E-state index contributed by atoms with van der Waals surface area (Å²) >= 11 is 0. The fourth-order valence-electron chi connectivity index (χ4n) is 2.57. The second-order valence-electron chi connectivity index (χ2n) is 5.40. The molecular weight excluding hydrogens is 297 g/mol. The van der Waals surface area contributed by atoms with Crippen LogP contribution < -0.4 is 0 Å². The van der Waals surface area contributed by atoms with E-state index in [4.69, 9.17) is 9.47 Å². The average molecular weight is 313 g/mol. The zero-order valence-corrected chi connectivity index (χ0v) is 12.7. The third kappa shape index (κ3) is 3.08. The first-order valence-corrected chi connectivity index (χ1v) is 7.24. The molecule has 1 atom stereocenters. The maximum atomic E-state index is 13.1. The summed E-state index contributed by atoms with van der Waals surface area (Å²) in [4.78, 5) is 16.8. The number of nitrogens with zero attached hydrogens (tertiary/aromatic N) is 1. The Hall–Kier alpha value is -2.69. The van der Waals surface area contributed by atoms with E-state index in [0.29, 0.717) is 5.90 Å². The van der Waals surface area contributed by atoms with E-state index in [1.54, 1.807) is 12.1 Å². The second-order valence-corrected chi connectivity index (χ2v) is 5.40. The predicted octanol–water partition coefficient (Wildman–Crippen LogP) is 2.76. The van der Waals surface area contributed by atoms with Crippen LogP contribution in [0.4, 0.5) is 4.39 Å². The lowest BCUT2D eigenvalue weighted by Crippen LogP contribution is -2.41. The quantitative estimate of drug-likeness (QED) is 0.816. The molecule has 0 aliphatic carbocycles. The standard InChI is InChI=1S/C18H16FNO3/c1-22-17(21)18(11-13-7-9-15(19)10-8-13)12-23-16(20-18)14-5-3-2-4-6-14/h2-10H,11-12H2,1H3/t18-/m0/s1. The molecule has 0 radical (unpaired) electrons. The van der Waals surface area contributed by atoms with Crippen molar-refractivity contribution >= 4 is 11.9 Å². The van der Waals surface area contributed by atoms with Gasteiger partial charge in [-0.25, -0.2) is 14.2 Å². The minimum absolute atomic E-state index is 0.0985. The topological polar surface area (TPSA) is 47.9 Å². The lowest BCUT2D eigenvalue weighted by atomic mass is 9.92. The molecule has 23 heavy (non-hydrogen) atoms. The van der Waals surface area contributed by atoms with E-state index in [1.165, 1.54) is 19.2 Å². The minimum Gasteiger partial charge on any atom is -0.474 e. The maximum Gasteiger partial charge on any atom is 0.337 e. The van der Waals surface area contributed by atoms with Crippen LogP contribution in [0.15, 0.2) is 59.6 Å². The summed E-state index contributed by atoms with van der Waals surface area (Å²) in [5, 5.41) is 0. The molecule has 5 heteroatoms. The second kappa shape index (κ2) is 6.20. The molecule has 4 nitrogen and oxygen atoms in total. The van der Waals surface area contributed by atoms with Crippen molar-refractivity contribution in [3.63, 3.8) is 0 Å². The van der Waals surface area contributed by atoms with Gasteiger partial charge >= 0.3 is 5.97 Å². The molecule has 0 spiro atoms. The van der Waals surface area contributed by atoms with Crippen molar-refractivity contribution < 1.29 is 18.7 Å². The van der Waals surface area contributed by atoms with Crippen LogP contribution in [0.2, 0.25) is 0 Å². The number of benzene rings is 2. The van der Waals surface area contributed by atoms with Crippen molar-refractivity contribution in [2.75, 3.05) is 13.7 Å². The Labute approximate surface area is 133 Å². The number of esters is 1. The van der Waals surface area contributed by atoms with Gasteiger partial charge in [0.25, 0.3) is 0 Å². The third-order valence-corrected chi connectivity index (χ3v) is 3.76. The van der Waals surface area contributed by atoms with Crippen LogP contribution in [0, 0.1) is 5.82 Å². The van der Waals surface area contributed by atoms with Gasteiger partial charge in [-0.2, -0.15) is 0 Å². The molecule has 0 amide bonds. The van der Waals surface area contributed by atoms with Gasteiger partial charge in [0.2, 0.25) is 5.90 Å². The minimum atomic E-state index is -1.14. The molecule has 0 unspecified atom stereocenters. The van der Waals surface area contributed by atoms with Crippen LogP contribution in [0.5, 0.6) is 0 Å². The van der Waals surface area contributed by atoms with Gasteiger partial charge in [-0.15, -0.1) is 0 Å². The van der Waals surface area contributed by atoms with E-state index in [2.05, 4.69) is 4.99 Å². The summed E-state index contributed by atoms with van der Waals surface area (Å²) in [7, 11) is 1.32. The molecule has 1 aliphatic rings. The van der Waals surface area contributed by atoms with Crippen LogP contribution in [-0.2, 0) is 20.7 Å². The maximum absolute atomic E-state index is 13.1. The smallest absolute Gasteiger partial charge is 0.337 e. The molecule has 0 saturated heterocycles. The number of methoxy groups -OCH3 is 1. The van der Waals surface area contributed by atoms with E-state index in [1.807, 2.05) is 30.3 Å². The summed E-state index contributed by atoms with van der Waals surface area (Å²) in [6, 6.07) is 15.4. The highest BCUT2D eigenvalue weighted by molar-refractivity contribution is 5.99. The molecule has 118 valence electrons. The van der Waals surface area contributed by atoms with E-state index in [-0.39, 0.29) is 18.8 Å². The van der Waals surface area contributed by atoms with Gasteiger partial charge in [0, 0.05) is 12.0 Å². The molecule has 0 bridgehead atoms. The highest BCUT2D eigenvalue weighted by Crippen LogP contribution is 2.27. The number of hydrogen-bond acceptors (Lipinski definition) is 4. The van der Waals surface area contributed by atoms with Gasteiger partial charge in [0.05, 0.1) is 7.11 Å². The Morgan fingerprint density at radius 3 is 2.57 bits per heavy atom. The first-order chi connectivity index (χ1) is 11.1. The zero-order valence-electron chi connectivity index (χ0n) is 12.7. The first kappa shape index (κ1) is 15.2. The van der Waals surface area contributed by atoms with Crippen molar-refractivity contribution in [3.8, 4) is 0 Å². The van der Waals surface area contributed by atoms with Crippen LogP contribution in [0.3, 0.4) is 0 Å². The highest BCUT2D eigenvalue weighted by atomic mass is 19.1. The van der Waals surface area contributed by atoms with E-state index in [9.17, 15) is 9.18 Å². The van der Waals surface area contributed by atoms with Gasteiger partial charge in [0.1, 0.15) is 12.4 Å². The molecule has 0 saturated carbocycles. The lowest BCUT2D eigenvalue weighted by Gasteiger charge is -2.21. The molecule has 0 N–H and O–H groups in total. The number of aliphatic imine (C=N–C) groups is 1. The molecule has 3 rings (SSSR count). The van der Waals surface area contributed by atoms with Crippen molar-refractivity contribution in [1.82, 2.24) is 0 Å². The van der Waals surface area contributed by atoms with Crippen molar-refractivity contribution in [1.29, 1.82) is 0 Å². The third-order valence-electron chi connectivity index (χ3n) is 3.76. The molecule has 1 aliphatic heterocycles. The predicted molar refractivity (Wildman–Crippen MR) is 83.8 cm³/mol. The van der Waals surface area contributed by atoms with E-state index >= 15 is 0 Å². The monoisotopic (exact) mass is 313 g/mol. The van der Waals surface area contributed by atoms with Crippen molar-refractivity contribution in [2.24, 2.45) is 4.99 Å². The number of ether oxygens (including phenoxy) is 2. The first-order valence-electron chi connectivity index (χ1n) is 7.24. The number of hydrogen-bond donors (Lipinski definition) is 0. The van der Waals surface area contributed by atoms with Gasteiger partial charge in [0.15, 0.2) is 5.54 Å². The molecule has 2 aromatic carbocycles. The Morgan fingerprint density at radius 1 is 1.22 bits per heavy atom. The van der Waals surface area contributed by atoms with Crippen molar-refractivity contribution in [2.45, 2.75) is 12.0 Å². The van der Waals surface area contributed by atoms with Gasteiger partial charge in [-0.05, 0) is 29.8 Å². The Morgan fingerprint density at radius 2 is 1.91 bits per heavy atom. The van der Waals surface area contributed by atoms with E-state index < -0.39 is 11.5 Å². The van der Waals surface area contributed by atoms with Crippen LogP contribution >= 0.6 is 0 Å². The molecular formula is C18H16FNO3. The fraction of sp³-hybridized carbons (Fsp3) is 0.222. The molecule has 1 heterocycles. The Bertz CT molecular complexity index is 728. The van der Waals surface area contributed by atoms with Crippen LogP contribution in [0.25, 0.3) is 0 Å². The highest BCUT2D eigenvalue weighted by Gasteiger charge is 2.45. The summed E-state index contributed by atoms with van der Waals surface area (Å²) in [5.74, 6) is -0.372. The van der Waals surface area contributed by atoms with Crippen LogP contribution in [-0.4, -0.2) is 31.1 Å². The van der Waals surface area contributed by atoms with Crippen LogP contribution in [0.1, 0.15) is 11.1 Å². The number of rotatable bonds is 4.